The second-order valence-electron chi connectivity index (χ2n) is 8.94. The molecule has 2 aliphatic rings. The summed E-state index contributed by atoms with van der Waals surface area (Å²) in [6, 6.07) is 5.79. The third-order valence-corrected chi connectivity index (χ3v) is 6.29. The number of hydrogen-bond donors (Lipinski definition) is 1. The van der Waals surface area contributed by atoms with Crippen molar-refractivity contribution in [3.05, 3.63) is 57.9 Å². The Morgan fingerprint density at radius 3 is 2.70 bits per heavy atom. The Hall–Kier alpha value is -3.53. The third-order valence-electron chi connectivity index (χ3n) is 6.29. The maximum Gasteiger partial charge on any atom is 0.290 e. The molecule has 3 aromatic rings. The Balaban J connectivity index is 0.000000821. The molecule has 0 unspecified atom stereocenters. The standard InChI is InChI=1S/C22H26N6O2.CH2O2/c1-25(2)11-15-4-5-18-16-8-14(10-28(18)21(15)29)9-27(12-16)22(30)17-6-7-23-20-19(17)24-13-26(20)3;2-1-3/h4-7,13-14,16H,8-12H2,1-3H3;1H,(H,2,3)/t14-,16+;/m0./s1. The van der Waals surface area contributed by atoms with Crippen LogP contribution in [0.5, 0.6) is 0 Å². The van der Waals surface area contributed by atoms with Gasteiger partial charge in [-0.1, -0.05) is 6.07 Å². The lowest BCUT2D eigenvalue weighted by Crippen LogP contribution is -2.49. The summed E-state index contributed by atoms with van der Waals surface area (Å²) in [5.74, 6) is 0.466. The van der Waals surface area contributed by atoms with Crippen LogP contribution in [-0.2, 0) is 24.9 Å². The number of carbonyl (C=O) groups is 2. The van der Waals surface area contributed by atoms with Crippen molar-refractivity contribution in [3.8, 4) is 0 Å². The van der Waals surface area contributed by atoms with Gasteiger partial charge in [0.2, 0.25) is 0 Å². The number of imidazole rings is 1. The van der Waals surface area contributed by atoms with Crippen molar-refractivity contribution in [1.29, 1.82) is 0 Å². The number of carbonyl (C=O) groups excluding carboxylic acids is 1. The summed E-state index contributed by atoms with van der Waals surface area (Å²) < 4.78 is 3.77. The Morgan fingerprint density at radius 2 is 1.97 bits per heavy atom. The number of aryl methyl sites for hydroxylation is 1. The van der Waals surface area contributed by atoms with E-state index in [2.05, 4.69) is 16.0 Å². The van der Waals surface area contributed by atoms with Crippen LogP contribution < -0.4 is 5.56 Å². The number of amides is 1. The zero-order valence-electron chi connectivity index (χ0n) is 19.0. The third kappa shape index (κ3) is 4.25. The van der Waals surface area contributed by atoms with Gasteiger partial charge in [0, 0.05) is 56.6 Å². The molecule has 1 N–H and O–H groups in total. The Kier molecular flexibility index (Phi) is 6.28. The molecule has 5 rings (SSSR count). The molecule has 5 heterocycles. The van der Waals surface area contributed by atoms with Crippen molar-refractivity contribution >= 4 is 23.5 Å². The lowest BCUT2D eigenvalue weighted by Gasteiger charge is -2.43. The predicted molar refractivity (Wildman–Crippen MR) is 122 cm³/mol. The molecular weight excluding hydrogens is 424 g/mol. The minimum absolute atomic E-state index is 0.00387. The maximum absolute atomic E-state index is 13.4. The fraction of sp³-hybridized carbons (Fsp3) is 0.435. The van der Waals surface area contributed by atoms with Crippen LogP contribution >= 0.6 is 0 Å². The van der Waals surface area contributed by atoms with Gasteiger partial charge in [0.05, 0.1) is 11.9 Å². The van der Waals surface area contributed by atoms with E-state index >= 15 is 0 Å². The van der Waals surface area contributed by atoms with Crippen LogP contribution in [0, 0.1) is 5.92 Å². The van der Waals surface area contributed by atoms with Crippen LogP contribution in [0.4, 0.5) is 0 Å². The van der Waals surface area contributed by atoms with Gasteiger partial charge in [-0.25, -0.2) is 9.97 Å². The molecule has 2 aliphatic heterocycles. The monoisotopic (exact) mass is 452 g/mol. The lowest BCUT2D eigenvalue weighted by atomic mass is 9.82. The highest BCUT2D eigenvalue weighted by molar-refractivity contribution is 6.04. The number of hydrogen-bond acceptors (Lipinski definition) is 6. The van der Waals surface area contributed by atoms with Crippen LogP contribution in [0.2, 0.25) is 0 Å². The van der Waals surface area contributed by atoms with Crippen molar-refractivity contribution < 1.29 is 14.7 Å². The summed E-state index contributed by atoms with van der Waals surface area (Å²) in [4.78, 5) is 47.4. The molecule has 0 spiro atoms. The average Bonchev–Trinajstić information content (AvgIpc) is 3.17. The highest BCUT2D eigenvalue weighted by Gasteiger charge is 2.37. The molecule has 0 aliphatic carbocycles. The number of aromatic nitrogens is 4. The van der Waals surface area contributed by atoms with Gasteiger partial charge < -0.3 is 24.0 Å². The van der Waals surface area contributed by atoms with E-state index in [0.717, 1.165) is 17.7 Å². The zero-order valence-corrected chi connectivity index (χ0v) is 19.0. The summed E-state index contributed by atoms with van der Waals surface area (Å²) in [6.07, 6.45) is 4.38. The molecule has 1 saturated heterocycles. The molecule has 1 fully saturated rings. The summed E-state index contributed by atoms with van der Waals surface area (Å²) in [5.41, 5.74) is 3.94. The van der Waals surface area contributed by atoms with Gasteiger partial charge >= 0.3 is 0 Å². The SMILES string of the molecule is CN(C)Cc1ccc2n(c1=O)C[C@H]1C[C@@H]2CN(C(=O)c2ccnc3c2ncn3C)C1.O=CO. The molecule has 3 aromatic heterocycles. The molecule has 2 atom stereocenters. The highest BCUT2D eigenvalue weighted by atomic mass is 16.3. The van der Waals surface area contributed by atoms with Crippen LogP contribution in [0.1, 0.15) is 34.0 Å². The van der Waals surface area contributed by atoms with Crippen molar-refractivity contribution in [2.24, 2.45) is 13.0 Å². The predicted octanol–water partition coefficient (Wildman–Crippen LogP) is 1.15. The van der Waals surface area contributed by atoms with E-state index in [4.69, 9.17) is 9.90 Å². The first kappa shape index (κ1) is 22.7. The molecule has 33 heavy (non-hydrogen) atoms. The minimum Gasteiger partial charge on any atom is -0.483 e. The van der Waals surface area contributed by atoms with E-state index in [1.165, 1.54) is 0 Å². The van der Waals surface area contributed by atoms with E-state index in [9.17, 15) is 9.59 Å². The van der Waals surface area contributed by atoms with E-state index in [1.54, 1.807) is 18.6 Å². The Bertz CT molecular complexity index is 1250. The molecule has 10 heteroatoms. The molecule has 10 nitrogen and oxygen atoms in total. The average molecular weight is 453 g/mol. The fourth-order valence-electron chi connectivity index (χ4n) is 4.99. The molecule has 0 radical (unpaired) electrons. The van der Waals surface area contributed by atoms with Gasteiger partial charge in [-0.15, -0.1) is 0 Å². The van der Waals surface area contributed by atoms with Gasteiger partial charge in [0.15, 0.2) is 5.65 Å². The maximum atomic E-state index is 13.4. The van der Waals surface area contributed by atoms with Gasteiger partial charge in [0.25, 0.3) is 17.9 Å². The second-order valence-corrected chi connectivity index (χ2v) is 8.94. The van der Waals surface area contributed by atoms with Crippen LogP contribution in [0.3, 0.4) is 0 Å². The number of pyridine rings is 2. The first-order valence-corrected chi connectivity index (χ1v) is 10.8. The first-order valence-electron chi connectivity index (χ1n) is 10.8. The minimum atomic E-state index is -0.250. The number of nitrogens with zero attached hydrogens (tertiary/aromatic N) is 6. The van der Waals surface area contributed by atoms with Gasteiger partial charge in [-0.2, -0.15) is 0 Å². The first-order chi connectivity index (χ1) is 15.8. The van der Waals surface area contributed by atoms with Crippen LogP contribution in [-0.4, -0.2) is 73.6 Å². The quantitative estimate of drug-likeness (QED) is 0.593. The number of fused-ring (bicyclic) bond motifs is 5. The molecule has 0 aromatic carbocycles. The Morgan fingerprint density at radius 1 is 1.21 bits per heavy atom. The summed E-state index contributed by atoms with van der Waals surface area (Å²) >= 11 is 0. The van der Waals surface area contributed by atoms with E-state index in [0.29, 0.717) is 42.9 Å². The number of piperidine rings is 1. The fourth-order valence-corrected chi connectivity index (χ4v) is 4.99. The van der Waals surface area contributed by atoms with Crippen LogP contribution in [0.15, 0.2) is 35.5 Å². The van der Waals surface area contributed by atoms with Crippen molar-refractivity contribution in [1.82, 2.24) is 28.9 Å². The van der Waals surface area contributed by atoms with E-state index in [1.807, 2.05) is 46.1 Å². The zero-order chi connectivity index (χ0) is 23.7. The molecule has 2 bridgehead atoms. The summed E-state index contributed by atoms with van der Waals surface area (Å²) in [6.45, 7) is 2.35. The molecule has 1 amide bonds. The number of likely N-dealkylation sites (tertiary alicyclic amines) is 1. The van der Waals surface area contributed by atoms with Crippen molar-refractivity contribution in [3.63, 3.8) is 0 Å². The lowest BCUT2D eigenvalue weighted by molar-refractivity contribution is -0.122. The Labute approximate surface area is 191 Å². The summed E-state index contributed by atoms with van der Waals surface area (Å²) in [7, 11) is 5.82. The van der Waals surface area contributed by atoms with Crippen molar-refractivity contribution in [2.75, 3.05) is 27.2 Å². The van der Waals surface area contributed by atoms with Crippen molar-refractivity contribution in [2.45, 2.75) is 25.4 Å². The second kappa shape index (κ2) is 9.14. The molecular formula is C23H28N6O4. The number of carboxylic acid groups (broad SMARTS) is 1. The molecule has 174 valence electrons. The van der Waals surface area contributed by atoms with Gasteiger partial charge in [-0.3, -0.25) is 14.4 Å². The summed E-state index contributed by atoms with van der Waals surface area (Å²) in [5, 5.41) is 6.89. The van der Waals surface area contributed by atoms with Gasteiger partial charge in [0.1, 0.15) is 5.52 Å². The topological polar surface area (TPSA) is 114 Å². The normalized spacial score (nSPS) is 19.1. The largest absolute Gasteiger partial charge is 0.483 e. The van der Waals surface area contributed by atoms with E-state index < -0.39 is 0 Å². The van der Waals surface area contributed by atoms with Crippen LogP contribution in [0.25, 0.3) is 11.2 Å². The smallest absolute Gasteiger partial charge is 0.290 e. The molecule has 0 saturated carbocycles. The number of rotatable bonds is 3. The van der Waals surface area contributed by atoms with E-state index in [-0.39, 0.29) is 29.8 Å². The highest BCUT2D eigenvalue weighted by Crippen LogP contribution is 2.36. The van der Waals surface area contributed by atoms with Gasteiger partial charge in [-0.05, 0) is 38.6 Å².